The van der Waals surface area contributed by atoms with Crippen molar-refractivity contribution in [3.05, 3.63) is 77.1 Å². The molecule has 4 heteroatoms. The van der Waals surface area contributed by atoms with Gasteiger partial charge in [0.25, 0.3) is 0 Å². The second-order valence-electron chi connectivity index (χ2n) is 14.7. The number of ketones is 1. The van der Waals surface area contributed by atoms with Crippen molar-refractivity contribution >= 4 is 16.7 Å². The van der Waals surface area contributed by atoms with Gasteiger partial charge in [-0.1, -0.05) is 114 Å². The molecule has 3 nitrogen and oxygen atoms in total. The molecule has 1 radical (unpaired) electrons. The maximum absolute atomic E-state index is 12.3. The van der Waals surface area contributed by atoms with Gasteiger partial charge >= 0.3 is 0 Å². The minimum atomic E-state index is -0.0119. The molecule has 239 valence electrons. The summed E-state index contributed by atoms with van der Waals surface area (Å²) in [7, 11) is 0. The fourth-order valence-corrected chi connectivity index (χ4v) is 6.35. The molecule has 3 rings (SSSR count). The molecule has 2 aromatic carbocycles. The van der Waals surface area contributed by atoms with E-state index in [0.717, 1.165) is 28.8 Å². The number of aryl methyl sites for hydroxylation is 2. The van der Waals surface area contributed by atoms with Gasteiger partial charge in [-0.25, -0.2) is 0 Å². The second kappa shape index (κ2) is 16.7. The number of carbonyl (C=O) groups excluding carboxylic acids is 1. The first-order valence-corrected chi connectivity index (χ1v) is 15.7. The van der Waals surface area contributed by atoms with Crippen LogP contribution in [0.2, 0.25) is 0 Å². The zero-order valence-electron chi connectivity index (χ0n) is 28.9. The molecule has 0 bridgehead atoms. The summed E-state index contributed by atoms with van der Waals surface area (Å²) in [5, 5.41) is 11.5. The maximum atomic E-state index is 12.3. The maximum Gasteiger partial charge on any atom is 0.162 e. The van der Waals surface area contributed by atoms with Crippen LogP contribution >= 0.6 is 0 Å². The number of allylic oxidation sites excluding steroid dienone is 2. The Balaban J connectivity index is 0.000000430. The summed E-state index contributed by atoms with van der Waals surface area (Å²) in [4.78, 5) is 17.2. The molecule has 0 aliphatic carbocycles. The van der Waals surface area contributed by atoms with Gasteiger partial charge in [0, 0.05) is 43.4 Å². The molecule has 0 spiro atoms. The number of nitrogens with zero attached hydrogens (tertiary/aromatic N) is 1. The Morgan fingerprint density at radius 2 is 1.42 bits per heavy atom. The number of hydrogen-bond acceptors (Lipinski definition) is 3. The van der Waals surface area contributed by atoms with Gasteiger partial charge in [0.05, 0.1) is 11.3 Å². The van der Waals surface area contributed by atoms with Crippen LogP contribution in [0.15, 0.2) is 54.3 Å². The van der Waals surface area contributed by atoms with Crippen molar-refractivity contribution in [3.8, 4) is 11.3 Å². The summed E-state index contributed by atoms with van der Waals surface area (Å²) in [6.07, 6.45) is 2.54. The fourth-order valence-electron chi connectivity index (χ4n) is 6.35. The predicted octanol–water partition coefficient (Wildman–Crippen LogP) is 10.8. The van der Waals surface area contributed by atoms with E-state index in [2.05, 4.69) is 139 Å². The smallest absolute Gasteiger partial charge is 0.162 e. The van der Waals surface area contributed by atoms with E-state index >= 15 is 0 Å². The van der Waals surface area contributed by atoms with Crippen LogP contribution in [0.5, 0.6) is 0 Å². The quantitative estimate of drug-likeness (QED) is 0.134. The van der Waals surface area contributed by atoms with Crippen molar-refractivity contribution in [1.82, 2.24) is 4.98 Å². The van der Waals surface area contributed by atoms with Gasteiger partial charge in [0.1, 0.15) is 0 Å². The zero-order chi connectivity index (χ0) is 31.9. The van der Waals surface area contributed by atoms with E-state index in [0.29, 0.717) is 23.7 Å². The second-order valence-corrected chi connectivity index (χ2v) is 14.7. The number of aliphatic hydroxyl groups is 1. The van der Waals surface area contributed by atoms with Gasteiger partial charge in [-0.15, -0.1) is 34.9 Å². The normalized spacial score (nSPS) is 12.4. The number of aromatic nitrogens is 1. The van der Waals surface area contributed by atoms with Crippen molar-refractivity contribution in [2.75, 3.05) is 0 Å². The van der Waals surface area contributed by atoms with Gasteiger partial charge in [-0.05, 0) is 52.8 Å². The predicted molar refractivity (Wildman–Crippen MR) is 181 cm³/mol. The Bertz CT molecular complexity index is 1330. The number of fused-ring (bicyclic) bond motifs is 1. The summed E-state index contributed by atoms with van der Waals surface area (Å²) in [6, 6.07) is 18.5. The summed E-state index contributed by atoms with van der Waals surface area (Å²) in [6.45, 7) is 27.6. The molecule has 3 aromatic rings. The van der Waals surface area contributed by atoms with Crippen LogP contribution in [0.4, 0.5) is 0 Å². The van der Waals surface area contributed by atoms with Crippen molar-refractivity contribution in [2.45, 2.75) is 96.4 Å². The summed E-state index contributed by atoms with van der Waals surface area (Å²) < 4.78 is 0. The number of rotatable bonds is 9. The van der Waals surface area contributed by atoms with E-state index < -0.39 is 0 Å². The Hall–Kier alpha value is -2.29. The molecule has 0 atom stereocenters. The molecule has 0 fully saturated rings. The first-order valence-electron chi connectivity index (χ1n) is 15.7. The van der Waals surface area contributed by atoms with Crippen LogP contribution in [0.3, 0.4) is 0 Å². The van der Waals surface area contributed by atoms with Crippen molar-refractivity contribution in [2.24, 2.45) is 40.9 Å². The SMILES string of the molecule is CC(C)C(C(=O)/C=C(\O)C(C(C)C)C(C)C)C(C)C.Cc1[c-]c(-c2ccc3c(CC(C)(C)C)cccc3n2)cc(C)c1.[Ir]. The molecule has 1 heterocycles. The summed E-state index contributed by atoms with van der Waals surface area (Å²) in [5.74, 6) is 1.63. The molecule has 1 N–H and O–H groups in total. The van der Waals surface area contributed by atoms with E-state index in [1.165, 1.54) is 22.6 Å². The van der Waals surface area contributed by atoms with Gasteiger partial charge in [0.15, 0.2) is 5.78 Å². The number of hydrogen-bond donors (Lipinski definition) is 1. The number of carbonyl (C=O) groups is 1. The third-order valence-corrected chi connectivity index (χ3v) is 7.80. The van der Waals surface area contributed by atoms with Crippen LogP contribution in [-0.4, -0.2) is 15.9 Å². The Morgan fingerprint density at radius 1 is 0.860 bits per heavy atom. The summed E-state index contributed by atoms with van der Waals surface area (Å²) >= 11 is 0. The Labute approximate surface area is 276 Å². The van der Waals surface area contributed by atoms with Crippen LogP contribution in [0.1, 0.15) is 92.9 Å². The van der Waals surface area contributed by atoms with Gasteiger partial charge in [-0.2, -0.15) is 0 Å². The molecular weight excluding hydrogens is 707 g/mol. The number of pyridine rings is 1. The minimum Gasteiger partial charge on any atom is -0.512 e. The summed E-state index contributed by atoms with van der Waals surface area (Å²) in [5.41, 5.74) is 7.19. The van der Waals surface area contributed by atoms with E-state index in [4.69, 9.17) is 4.98 Å². The van der Waals surface area contributed by atoms with E-state index in [9.17, 15) is 9.90 Å². The number of aliphatic hydroxyl groups excluding tert-OH is 1. The average molecular weight is 763 g/mol. The van der Waals surface area contributed by atoms with Crippen LogP contribution in [0, 0.1) is 60.8 Å². The Morgan fingerprint density at radius 3 is 1.91 bits per heavy atom. The van der Waals surface area contributed by atoms with Gasteiger partial charge < -0.3 is 5.11 Å². The molecule has 0 saturated heterocycles. The van der Waals surface area contributed by atoms with Crippen LogP contribution in [-0.2, 0) is 31.3 Å². The van der Waals surface area contributed by atoms with Crippen LogP contribution < -0.4 is 0 Å². The van der Waals surface area contributed by atoms with Crippen molar-refractivity contribution < 1.29 is 30.0 Å². The Kier molecular flexibility index (Phi) is 15.0. The minimum absolute atomic E-state index is 0. The zero-order valence-corrected chi connectivity index (χ0v) is 31.3. The molecule has 0 aliphatic rings. The molecular formula is C39H56IrNO2-. The molecule has 0 amide bonds. The van der Waals surface area contributed by atoms with E-state index in [-0.39, 0.29) is 48.9 Å². The largest absolute Gasteiger partial charge is 0.512 e. The molecule has 43 heavy (non-hydrogen) atoms. The molecule has 0 aliphatic heterocycles. The monoisotopic (exact) mass is 763 g/mol. The van der Waals surface area contributed by atoms with Crippen molar-refractivity contribution in [1.29, 1.82) is 0 Å². The standard InChI is InChI=1S/C22H24N.C17H32O2.Ir/c1-15-11-16(2)13-18(12-15)20-10-9-19-17(14-22(3,4)5)7-6-8-21(19)23-20;1-10(2)16(11(3)4)14(18)9-15(19)17(12(5)6)13(7)8;/h6-12H,14H2,1-5H3;9-13,16-18H,1-8H3;/q-1;;/b;14-9-;. The molecule has 1 aromatic heterocycles. The topological polar surface area (TPSA) is 50.2 Å². The van der Waals surface area contributed by atoms with E-state index in [1.807, 2.05) is 0 Å². The van der Waals surface area contributed by atoms with Crippen LogP contribution in [0.25, 0.3) is 22.2 Å². The molecule has 0 saturated carbocycles. The molecule has 0 unspecified atom stereocenters. The first kappa shape index (κ1) is 38.7. The van der Waals surface area contributed by atoms with Crippen molar-refractivity contribution in [3.63, 3.8) is 0 Å². The fraction of sp³-hybridized carbons (Fsp3) is 0.538. The number of benzene rings is 2. The average Bonchev–Trinajstić information content (AvgIpc) is 2.81. The van der Waals surface area contributed by atoms with Gasteiger partial charge in [0.2, 0.25) is 0 Å². The van der Waals surface area contributed by atoms with Gasteiger partial charge in [-0.3, -0.25) is 9.78 Å². The first-order chi connectivity index (χ1) is 19.4. The van der Waals surface area contributed by atoms with E-state index in [1.54, 1.807) is 0 Å². The third kappa shape index (κ3) is 11.6. The third-order valence-electron chi connectivity index (χ3n) is 7.80.